The van der Waals surface area contributed by atoms with E-state index in [9.17, 15) is 9.90 Å². The summed E-state index contributed by atoms with van der Waals surface area (Å²) in [5.74, 6) is 0.428. The van der Waals surface area contributed by atoms with Crippen LogP contribution in [0.5, 0.6) is 0 Å². The van der Waals surface area contributed by atoms with Gasteiger partial charge >= 0.3 is 0 Å². The summed E-state index contributed by atoms with van der Waals surface area (Å²) in [7, 11) is 0. The standard InChI is InChI=1S/C13H12O3/c1-9-7-8-11(16-9)13(15)12(14)10-5-3-2-4-6-10/h2-8,12,14H,1H3/t12-/m1/s1. The maximum atomic E-state index is 11.8. The fourth-order valence-corrected chi connectivity index (χ4v) is 1.49. The van der Waals surface area contributed by atoms with E-state index in [0.717, 1.165) is 0 Å². The molecule has 1 heterocycles. The summed E-state index contributed by atoms with van der Waals surface area (Å²) in [6.45, 7) is 1.76. The maximum absolute atomic E-state index is 11.8. The van der Waals surface area contributed by atoms with Crippen LogP contribution < -0.4 is 0 Å². The number of carbonyl (C=O) groups excluding carboxylic acids is 1. The molecule has 0 aliphatic heterocycles. The first-order chi connectivity index (χ1) is 7.68. The van der Waals surface area contributed by atoms with Gasteiger partial charge in [-0.15, -0.1) is 0 Å². The van der Waals surface area contributed by atoms with Crippen LogP contribution in [-0.4, -0.2) is 10.9 Å². The first kappa shape index (κ1) is 10.6. The number of aryl methyl sites for hydroxylation is 1. The first-order valence-electron chi connectivity index (χ1n) is 5.02. The Labute approximate surface area is 93.3 Å². The molecule has 1 N–H and O–H groups in total. The molecule has 0 radical (unpaired) electrons. The molecule has 0 saturated heterocycles. The number of carbonyl (C=O) groups is 1. The Balaban J connectivity index is 2.23. The average Bonchev–Trinajstić information content (AvgIpc) is 2.75. The second kappa shape index (κ2) is 4.33. The molecule has 0 aliphatic carbocycles. The number of aliphatic hydroxyl groups is 1. The third kappa shape index (κ3) is 2.04. The number of aliphatic hydroxyl groups excluding tert-OH is 1. The van der Waals surface area contributed by atoms with Crippen molar-refractivity contribution in [2.45, 2.75) is 13.0 Å². The van der Waals surface area contributed by atoms with Crippen LogP contribution in [-0.2, 0) is 0 Å². The predicted molar refractivity (Wildman–Crippen MR) is 59.2 cm³/mol. The number of ketones is 1. The molecule has 0 aliphatic rings. The van der Waals surface area contributed by atoms with Gasteiger partial charge in [0.15, 0.2) is 5.76 Å². The number of benzene rings is 1. The molecule has 2 aromatic rings. The van der Waals surface area contributed by atoms with Crippen molar-refractivity contribution >= 4 is 5.78 Å². The van der Waals surface area contributed by atoms with Crippen LogP contribution in [0.3, 0.4) is 0 Å². The van der Waals surface area contributed by atoms with E-state index in [4.69, 9.17) is 4.42 Å². The normalized spacial score (nSPS) is 12.4. The molecular formula is C13H12O3. The first-order valence-corrected chi connectivity index (χ1v) is 5.02. The minimum atomic E-state index is -1.16. The molecular weight excluding hydrogens is 204 g/mol. The van der Waals surface area contributed by atoms with Crippen molar-refractivity contribution in [3.05, 3.63) is 59.5 Å². The molecule has 1 aromatic heterocycles. The van der Waals surface area contributed by atoms with Gasteiger partial charge in [-0.05, 0) is 24.6 Å². The topological polar surface area (TPSA) is 50.4 Å². The van der Waals surface area contributed by atoms with Crippen LogP contribution in [0, 0.1) is 6.92 Å². The van der Waals surface area contributed by atoms with Gasteiger partial charge in [0.1, 0.15) is 11.9 Å². The van der Waals surface area contributed by atoms with Crippen LogP contribution in [0.1, 0.15) is 28.0 Å². The molecule has 1 atom stereocenters. The molecule has 0 unspecified atom stereocenters. The van der Waals surface area contributed by atoms with Crippen molar-refractivity contribution in [2.75, 3.05) is 0 Å². The summed E-state index contributed by atoms with van der Waals surface area (Å²) >= 11 is 0. The highest BCUT2D eigenvalue weighted by Crippen LogP contribution is 2.19. The average molecular weight is 216 g/mol. The van der Waals surface area contributed by atoms with Gasteiger partial charge in [0.2, 0.25) is 5.78 Å². The Morgan fingerprint density at radius 2 is 1.88 bits per heavy atom. The molecule has 0 spiro atoms. The van der Waals surface area contributed by atoms with Gasteiger partial charge in [0.25, 0.3) is 0 Å². The van der Waals surface area contributed by atoms with Crippen LogP contribution in [0.2, 0.25) is 0 Å². The molecule has 1 aromatic carbocycles. The van der Waals surface area contributed by atoms with Crippen molar-refractivity contribution in [1.29, 1.82) is 0 Å². The van der Waals surface area contributed by atoms with E-state index in [1.54, 1.807) is 43.3 Å². The fourth-order valence-electron chi connectivity index (χ4n) is 1.49. The van der Waals surface area contributed by atoms with Crippen molar-refractivity contribution in [2.24, 2.45) is 0 Å². The zero-order valence-electron chi connectivity index (χ0n) is 8.88. The SMILES string of the molecule is Cc1ccc(C(=O)[C@H](O)c2ccccc2)o1. The number of hydrogen-bond donors (Lipinski definition) is 1. The molecule has 0 fully saturated rings. The lowest BCUT2D eigenvalue weighted by molar-refractivity contribution is 0.0716. The molecule has 16 heavy (non-hydrogen) atoms. The van der Waals surface area contributed by atoms with Crippen molar-refractivity contribution in [1.82, 2.24) is 0 Å². The third-order valence-corrected chi connectivity index (χ3v) is 2.35. The zero-order valence-corrected chi connectivity index (χ0v) is 8.88. The maximum Gasteiger partial charge on any atom is 0.230 e. The van der Waals surface area contributed by atoms with Crippen LogP contribution >= 0.6 is 0 Å². The third-order valence-electron chi connectivity index (χ3n) is 2.35. The van der Waals surface area contributed by atoms with E-state index < -0.39 is 11.9 Å². The van der Waals surface area contributed by atoms with E-state index in [1.807, 2.05) is 6.07 Å². The Morgan fingerprint density at radius 3 is 2.44 bits per heavy atom. The smallest absolute Gasteiger partial charge is 0.230 e. The molecule has 3 nitrogen and oxygen atoms in total. The summed E-state index contributed by atoms with van der Waals surface area (Å²) in [6, 6.07) is 12.1. The highest BCUT2D eigenvalue weighted by molar-refractivity contribution is 5.97. The second-order valence-electron chi connectivity index (χ2n) is 3.59. The van der Waals surface area contributed by atoms with Gasteiger partial charge in [-0.3, -0.25) is 4.79 Å². The fraction of sp³-hybridized carbons (Fsp3) is 0.154. The Hall–Kier alpha value is -1.87. The Kier molecular flexibility index (Phi) is 2.88. The van der Waals surface area contributed by atoms with Crippen LogP contribution in [0.15, 0.2) is 46.9 Å². The largest absolute Gasteiger partial charge is 0.458 e. The summed E-state index contributed by atoms with van der Waals surface area (Å²) < 4.78 is 5.18. The van der Waals surface area contributed by atoms with E-state index in [-0.39, 0.29) is 5.76 Å². The van der Waals surface area contributed by atoms with Crippen molar-refractivity contribution < 1.29 is 14.3 Å². The van der Waals surface area contributed by atoms with E-state index in [1.165, 1.54) is 0 Å². The van der Waals surface area contributed by atoms with Crippen LogP contribution in [0.25, 0.3) is 0 Å². The summed E-state index contributed by atoms with van der Waals surface area (Å²) in [5, 5.41) is 9.84. The van der Waals surface area contributed by atoms with E-state index in [2.05, 4.69) is 0 Å². The lowest BCUT2D eigenvalue weighted by atomic mass is 10.0. The van der Waals surface area contributed by atoms with Crippen LogP contribution in [0.4, 0.5) is 0 Å². The molecule has 82 valence electrons. The molecule has 0 saturated carbocycles. The number of hydrogen-bond acceptors (Lipinski definition) is 3. The van der Waals surface area contributed by atoms with Gasteiger partial charge in [-0.25, -0.2) is 0 Å². The van der Waals surface area contributed by atoms with E-state index in [0.29, 0.717) is 11.3 Å². The minimum absolute atomic E-state index is 0.189. The highest BCUT2D eigenvalue weighted by Gasteiger charge is 2.21. The lowest BCUT2D eigenvalue weighted by Crippen LogP contribution is -2.11. The van der Waals surface area contributed by atoms with Gasteiger partial charge < -0.3 is 9.52 Å². The Morgan fingerprint density at radius 1 is 1.19 bits per heavy atom. The van der Waals surface area contributed by atoms with Crippen molar-refractivity contribution in [3.8, 4) is 0 Å². The number of rotatable bonds is 3. The number of Topliss-reactive ketones (excluding diaryl/α,β-unsaturated/α-hetero) is 1. The second-order valence-corrected chi connectivity index (χ2v) is 3.59. The Bertz CT molecular complexity index is 485. The van der Waals surface area contributed by atoms with E-state index >= 15 is 0 Å². The summed E-state index contributed by atoms with van der Waals surface area (Å²) in [4.78, 5) is 11.8. The summed E-state index contributed by atoms with van der Waals surface area (Å²) in [6.07, 6.45) is -1.16. The zero-order chi connectivity index (χ0) is 11.5. The van der Waals surface area contributed by atoms with Crippen molar-refractivity contribution in [3.63, 3.8) is 0 Å². The lowest BCUT2D eigenvalue weighted by Gasteiger charge is -2.07. The summed E-state index contributed by atoms with van der Waals surface area (Å²) in [5.41, 5.74) is 0.571. The predicted octanol–water partition coefficient (Wildman–Crippen LogP) is 2.50. The highest BCUT2D eigenvalue weighted by atomic mass is 16.4. The number of furan rings is 1. The molecule has 0 amide bonds. The minimum Gasteiger partial charge on any atom is -0.458 e. The van der Waals surface area contributed by atoms with Gasteiger partial charge in [0, 0.05) is 0 Å². The molecule has 0 bridgehead atoms. The van der Waals surface area contributed by atoms with Gasteiger partial charge in [-0.1, -0.05) is 30.3 Å². The molecule has 2 rings (SSSR count). The monoisotopic (exact) mass is 216 g/mol. The van der Waals surface area contributed by atoms with Gasteiger partial charge in [0.05, 0.1) is 0 Å². The quantitative estimate of drug-likeness (QED) is 0.802. The molecule has 3 heteroatoms. The van der Waals surface area contributed by atoms with Gasteiger partial charge in [-0.2, -0.15) is 0 Å².